The summed E-state index contributed by atoms with van der Waals surface area (Å²) in [5.41, 5.74) is 4.35. The van der Waals surface area contributed by atoms with Gasteiger partial charge in [0.05, 0.1) is 6.04 Å². The third-order valence-electron chi connectivity index (χ3n) is 8.70. The average Bonchev–Trinajstić information content (AvgIpc) is 3.00. The second kappa shape index (κ2) is 18.4. The summed E-state index contributed by atoms with van der Waals surface area (Å²) in [4.78, 5) is 39.4. The number of aliphatic hydroxyl groups is 1. The van der Waals surface area contributed by atoms with Crippen LogP contribution in [0, 0.1) is 17.0 Å². The van der Waals surface area contributed by atoms with E-state index in [9.17, 15) is 28.3 Å². The molecule has 2 rings (SSSR count). The van der Waals surface area contributed by atoms with Crippen molar-refractivity contribution >= 4 is 17.5 Å². The Balaban J connectivity index is 2.13. The molecule has 0 bridgehead atoms. The molecule has 0 aliphatic heterocycles. The number of nitrogens with two attached hydrogens (primary N) is 1. The summed E-state index contributed by atoms with van der Waals surface area (Å²) >= 11 is 0. The minimum absolute atomic E-state index is 0.0574. The lowest BCUT2D eigenvalue weighted by Gasteiger charge is -2.32. The topological polar surface area (TPSA) is 122 Å². The number of benzene rings is 2. The fourth-order valence-corrected chi connectivity index (χ4v) is 5.72. The van der Waals surface area contributed by atoms with Crippen LogP contribution >= 0.6 is 0 Å². The van der Waals surface area contributed by atoms with Crippen LogP contribution in [0.25, 0.3) is 0 Å². The third kappa shape index (κ3) is 12.0. The normalized spacial score (nSPS) is 15.8. The fourth-order valence-electron chi connectivity index (χ4n) is 5.72. The summed E-state index contributed by atoms with van der Waals surface area (Å²) in [6.45, 7) is 11.5. The van der Waals surface area contributed by atoms with Crippen LogP contribution in [0.2, 0.25) is 0 Å². The molecule has 1 amide bonds. The lowest BCUT2D eigenvalue weighted by atomic mass is 9.82. The minimum Gasteiger partial charge on any atom is -0.373 e. The summed E-state index contributed by atoms with van der Waals surface area (Å²) in [6.07, 6.45) is 4.51. The number of ketones is 2. The van der Waals surface area contributed by atoms with E-state index in [1.165, 1.54) is 6.07 Å². The second-order valence-electron chi connectivity index (χ2n) is 13.6. The van der Waals surface area contributed by atoms with E-state index in [-0.39, 0.29) is 30.6 Å². The number of amides is 1. The Morgan fingerprint density at radius 3 is 2.24 bits per heavy atom. The molecule has 0 saturated carbocycles. The highest BCUT2D eigenvalue weighted by Crippen LogP contribution is 2.33. The third-order valence-corrected chi connectivity index (χ3v) is 8.70. The van der Waals surface area contributed by atoms with Crippen LogP contribution in [0.4, 0.5) is 8.78 Å². The van der Waals surface area contributed by atoms with Gasteiger partial charge in [-0.25, -0.2) is 8.78 Å². The van der Waals surface area contributed by atoms with Gasteiger partial charge in [-0.2, -0.15) is 0 Å². The predicted molar refractivity (Wildman–Crippen MR) is 179 cm³/mol. The van der Waals surface area contributed by atoms with Crippen molar-refractivity contribution in [2.45, 2.75) is 129 Å². The maximum absolute atomic E-state index is 14.9. The minimum atomic E-state index is -2.29. The molecule has 0 radical (unpaired) electrons. The predicted octanol–water partition coefficient (Wildman–Crippen LogP) is 6.35. The Bertz CT molecular complexity index is 1270. The van der Waals surface area contributed by atoms with Gasteiger partial charge in [-0.3, -0.25) is 14.4 Å². The molecule has 5 atom stereocenters. The fraction of sp³-hybridized carbons (Fsp3) is 0.595. The summed E-state index contributed by atoms with van der Waals surface area (Å²) < 4.78 is 29.1. The first-order valence-electron chi connectivity index (χ1n) is 16.7. The van der Waals surface area contributed by atoms with E-state index in [1.54, 1.807) is 0 Å². The zero-order chi connectivity index (χ0) is 34.5. The average molecular weight is 644 g/mol. The van der Waals surface area contributed by atoms with Gasteiger partial charge in [0.1, 0.15) is 11.6 Å². The van der Waals surface area contributed by atoms with Crippen LogP contribution in [-0.2, 0) is 14.4 Å². The number of rotatable bonds is 21. The second-order valence-corrected chi connectivity index (χ2v) is 13.6. The summed E-state index contributed by atoms with van der Waals surface area (Å²) in [7, 11) is 0. The van der Waals surface area contributed by atoms with Crippen molar-refractivity contribution in [1.29, 1.82) is 0 Å². The lowest BCUT2D eigenvalue weighted by Crippen LogP contribution is -2.56. The largest absolute Gasteiger partial charge is 0.373 e. The molecule has 0 aromatic heterocycles. The molecular weight excluding hydrogens is 588 g/mol. The van der Waals surface area contributed by atoms with E-state index >= 15 is 0 Å². The van der Waals surface area contributed by atoms with E-state index < -0.39 is 46.4 Å². The van der Waals surface area contributed by atoms with Gasteiger partial charge in [0.2, 0.25) is 0 Å². The molecule has 2 aromatic carbocycles. The van der Waals surface area contributed by atoms with Gasteiger partial charge >= 0.3 is 0 Å². The van der Waals surface area contributed by atoms with Gasteiger partial charge in [-0.1, -0.05) is 84.2 Å². The van der Waals surface area contributed by atoms with Crippen molar-refractivity contribution in [3.05, 3.63) is 71.3 Å². The van der Waals surface area contributed by atoms with Crippen molar-refractivity contribution in [3.8, 4) is 0 Å². The maximum atomic E-state index is 14.9. The molecule has 7 nitrogen and oxygen atoms in total. The molecule has 46 heavy (non-hydrogen) atoms. The van der Waals surface area contributed by atoms with Gasteiger partial charge in [0.15, 0.2) is 17.2 Å². The molecule has 0 heterocycles. The standard InChI is InChI=1S/C37H55F2N3O4/c1-7-10-17-32(42-35(45)37(6,46)34(44)21-27(40)14-8-2)33(43)23-36(4,5)24-41-28(9-3)22-29(25-15-12-11-13-16-25)30-20-26(38)18-19-31(30)39/h11-13,15-16,18-20,27-29,32,41,46H,7-10,14,17,21-24,40H2,1-6H3,(H,42,45). The molecule has 0 fully saturated rings. The number of unbranched alkanes of at least 4 members (excludes halogenated alkanes) is 1. The smallest absolute Gasteiger partial charge is 0.260 e. The number of hydrogen-bond acceptors (Lipinski definition) is 6. The molecule has 5 N–H and O–H groups in total. The van der Waals surface area contributed by atoms with E-state index in [1.807, 2.05) is 65.0 Å². The molecule has 9 heteroatoms. The highest BCUT2D eigenvalue weighted by Gasteiger charge is 2.41. The van der Waals surface area contributed by atoms with E-state index in [0.717, 1.165) is 43.9 Å². The molecule has 2 aromatic rings. The Kier molecular flexibility index (Phi) is 15.6. The SMILES string of the molecule is CCCCC(NC(=O)C(C)(O)C(=O)CC(N)CCC)C(=O)CC(C)(C)CNC(CC)CC(c1ccccc1)c1cc(F)ccc1F. The van der Waals surface area contributed by atoms with Crippen LogP contribution in [0.3, 0.4) is 0 Å². The highest BCUT2D eigenvalue weighted by atomic mass is 19.1. The highest BCUT2D eigenvalue weighted by molar-refractivity contribution is 6.09. The van der Waals surface area contributed by atoms with Gasteiger partial charge < -0.3 is 21.5 Å². The van der Waals surface area contributed by atoms with Gasteiger partial charge in [0, 0.05) is 37.4 Å². The Morgan fingerprint density at radius 2 is 1.63 bits per heavy atom. The Hall–Kier alpha value is -3.01. The maximum Gasteiger partial charge on any atom is 0.260 e. The summed E-state index contributed by atoms with van der Waals surface area (Å²) in [5.74, 6) is -3.07. The molecule has 5 unspecified atom stereocenters. The van der Waals surface area contributed by atoms with E-state index in [0.29, 0.717) is 37.8 Å². The van der Waals surface area contributed by atoms with Crippen molar-refractivity contribution in [2.75, 3.05) is 6.54 Å². The zero-order valence-electron chi connectivity index (χ0n) is 28.5. The molecule has 0 spiro atoms. The first-order chi connectivity index (χ1) is 21.6. The van der Waals surface area contributed by atoms with Crippen LogP contribution in [0.15, 0.2) is 48.5 Å². The number of hydrogen-bond donors (Lipinski definition) is 4. The van der Waals surface area contributed by atoms with Crippen molar-refractivity contribution in [3.63, 3.8) is 0 Å². The summed E-state index contributed by atoms with van der Waals surface area (Å²) in [5, 5.41) is 17.0. The first kappa shape index (κ1) is 39.2. The van der Waals surface area contributed by atoms with Crippen molar-refractivity contribution in [1.82, 2.24) is 10.6 Å². The first-order valence-corrected chi connectivity index (χ1v) is 16.7. The van der Waals surface area contributed by atoms with Crippen LogP contribution in [0.5, 0.6) is 0 Å². The number of nitrogens with one attached hydrogen (secondary N) is 2. The number of carbonyl (C=O) groups excluding carboxylic acids is 3. The van der Waals surface area contributed by atoms with Gasteiger partial charge in [0.25, 0.3) is 5.91 Å². The zero-order valence-corrected chi connectivity index (χ0v) is 28.5. The number of Topliss-reactive ketones (excluding diaryl/α,β-unsaturated/α-hetero) is 2. The Labute approximate surface area is 274 Å². The lowest BCUT2D eigenvalue weighted by molar-refractivity contribution is -0.152. The molecule has 256 valence electrons. The van der Waals surface area contributed by atoms with Gasteiger partial charge in [-0.15, -0.1) is 0 Å². The van der Waals surface area contributed by atoms with E-state index in [2.05, 4.69) is 10.6 Å². The van der Waals surface area contributed by atoms with Crippen LogP contribution < -0.4 is 16.4 Å². The quantitative estimate of drug-likeness (QED) is 0.118. The molecule has 0 saturated heterocycles. The number of halogens is 2. The number of carbonyl (C=O) groups is 3. The molecule has 0 aliphatic rings. The molecule has 0 aliphatic carbocycles. The van der Waals surface area contributed by atoms with Crippen LogP contribution in [-0.4, -0.2) is 52.9 Å². The monoisotopic (exact) mass is 643 g/mol. The summed E-state index contributed by atoms with van der Waals surface area (Å²) in [6, 6.07) is 11.7. The van der Waals surface area contributed by atoms with Crippen LogP contribution in [0.1, 0.15) is 116 Å². The van der Waals surface area contributed by atoms with Gasteiger partial charge in [-0.05, 0) is 67.3 Å². The Morgan fingerprint density at radius 1 is 0.957 bits per heavy atom. The molecular formula is C37H55F2N3O4. The van der Waals surface area contributed by atoms with E-state index in [4.69, 9.17) is 5.73 Å². The van der Waals surface area contributed by atoms with Crippen molar-refractivity contribution < 1.29 is 28.3 Å². The van der Waals surface area contributed by atoms with Crippen molar-refractivity contribution in [2.24, 2.45) is 11.1 Å².